The SMILES string of the molecule is O=C(/C=C/c1nc2ccccc2s1)NC(Cn1cnc2ccccc21)c1ccc(F)cc1. The van der Waals surface area contributed by atoms with Crippen molar-refractivity contribution in [1.82, 2.24) is 19.9 Å². The van der Waals surface area contributed by atoms with Gasteiger partial charge in [0.15, 0.2) is 0 Å². The van der Waals surface area contributed by atoms with E-state index in [1.807, 2.05) is 53.1 Å². The number of benzene rings is 3. The van der Waals surface area contributed by atoms with Gasteiger partial charge in [0, 0.05) is 12.6 Å². The number of aromatic nitrogens is 3. The van der Waals surface area contributed by atoms with Crippen LogP contribution in [-0.4, -0.2) is 20.4 Å². The quantitative estimate of drug-likeness (QED) is 0.360. The van der Waals surface area contributed by atoms with Crippen molar-refractivity contribution in [2.75, 3.05) is 0 Å². The molecule has 2 aromatic heterocycles. The predicted molar refractivity (Wildman–Crippen MR) is 126 cm³/mol. The van der Waals surface area contributed by atoms with Gasteiger partial charge in [-0.05, 0) is 48.0 Å². The summed E-state index contributed by atoms with van der Waals surface area (Å²) in [6.45, 7) is 0.465. The zero-order chi connectivity index (χ0) is 21.9. The van der Waals surface area contributed by atoms with E-state index in [4.69, 9.17) is 0 Å². The number of fused-ring (bicyclic) bond motifs is 2. The first-order valence-electron chi connectivity index (χ1n) is 10.2. The largest absolute Gasteiger partial charge is 0.344 e. The minimum Gasteiger partial charge on any atom is -0.344 e. The van der Waals surface area contributed by atoms with Crippen molar-refractivity contribution in [1.29, 1.82) is 0 Å². The third-order valence-electron chi connectivity index (χ3n) is 5.18. The topological polar surface area (TPSA) is 59.8 Å². The van der Waals surface area contributed by atoms with Gasteiger partial charge in [0.2, 0.25) is 5.91 Å². The Morgan fingerprint density at radius 3 is 2.59 bits per heavy atom. The number of amides is 1. The average Bonchev–Trinajstić information content (AvgIpc) is 3.42. The van der Waals surface area contributed by atoms with E-state index in [1.54, 1.807) is 24.5 Å². The fourth-order valence-electron chi connectivity index (χ4n) is 3.61. The van der Waals surface area contributed by atoms with Crippen LogP contribution in [0.4, 0.5) is 4.39 Å². The van der Waals surface area contributed by atoms with Gasteiger partial charge in [-0.3, -0.25) is 4.79 Å². The first-order valence-corrected chi connectivity index (χ1v) is 11.0. The van der Waals surface area contributed by atoms with E-state index >= 15 is 0 Å². The number of thiazole rings is 1. The van der Waals surface area contributed by atoms with Crippen LogP contribution in [0.1, 0.15) is 16.6 Å². The molecule has 0 radical (unpaired) electrons. The molecule has 0 saturated heterocycles. The van der Waals surface area contributed by atoms with E-state index in [9.17, 15) is 9.18 Å². The lowest BCUT2D eigenvalue weighted by molar-refractivity contribution is -0.117. The minimum atomic E-state index is -0.360. The number of carbonyl (C=O) groups excluding carboxylic acids is 1. The lowest BCUT2D eigenvalue weighted by Crippen LogP contribution is -2.30. The van der Waals surface area contributed by atoms with Gasteiger partial charge in [-0.1, -0.05) is 36.4 Å². The summed E-state index contributed by atoms with van der Waals surface area (Å²) < 4.78 is 16.5. The maximum atomic E-state index is 13.5. The van der Waals surface area contributed by atoms with E-state index in [-0.39, 0.29) is 17.8 Å². The number of hydrogen-bond donors (Lipinski definition) is 1. The molecule has 32 heavy (non-hydrogen) atoms. The van der Waals surface area contributed by atoms with Crippen LogP contribution >= 0.6 is 11.3 Å². The second kappa shape index (κ2) is 8.72. The second-order valence-electron chi connectivity index (χ2n) is 7.35. The highest BCUT2D eigenvalue weighted by molar-refractivity contribution is 7.19. The standard InChI is InChI=1S/C25H19FN4OS/c26-18-11-9-17(10-12-18)21(15-30-16-27-19-5-1-3-7-22(19)30)28-24(31)13-14-25-29-20-6-2-4-8-23(20)32-25/h1-14,16,21H,15H2,(H,28,31)/b14-13+. The summed E-state index contributed by atoms with van der Waals surface area (Å²) in [6.07, 6.45) is 4.96. The zero-order valence-corrected chi connectivity index (χ0v) is 17.8. The van der Waals surface area contributed by atoms with Gasteiger partial charge in [0.25, 0.3) is 0 Å². The van der Waals surface area contributed by atoms with Crippen molar-refractivity contribution < 1.29 is 9.18 Å². The molecule has 0 fully saturated rings. The van der Waals surface area contributed by atoms with E-state index in [1.165, 1.54) is 29.5 Å². The Hall–Kier alpha value is -3.84. The second-order valence-corrected chi connectivity index (χ2v) is 8.41. The molecule has 7 heteroatoms. The van der Waals surface area contributed by atoms with Crippen molar-refractivity contribution in [3.05, 3.63) is 102 Å². The molecule has 0 aliphatic heterocycles. The van der Waals surface area contributed by atoms with E-state index in [2.05, 4.69) is 15.3 Å². The summed E-state index contributed by atoms with van der Waals surface area (Å²) in [7, 11) is 0. The van der Waals surface area contributed by atoms with Crippen LogP contribution in [0.15, 0.2) is 85.2 Å². The molecule has 2 heterocycles. The molecule has 1 atom stereocenters. The van der Waals surface area contributed by atoms with Gasteiger partial charge in [0.1, 0.15) is 10.8 Å². The van der Waals surface area contributed by atoms with Crippen molar-refractivity contribution in [3.63, 3.8) is 0 Å². The molecule has 158 valence electrons. The molecule has 0 saturated carbocycles. The van der Waals surface area contributed by atoms with Crippen LogP contribution in [0, 0.1) is 5.82 Å². The Balaban J connectivity index is 1.38. The highest BCUT2D eigenvalue weighted by atomic mass is 32.1. The smallest absolute Gasteiger partial charge is 0.244 e. The molecule has 1 N–H and O–H groups in total. The number of rotatable bonds is 6. The molecule has 5 nitrogen and oxygen atoms in total. The molecular weight excluding hydrogens is 423 g/mol. The third kappa shape index (κ3) is 4.29. The number of nitrogens with zero attached hydrogens (tertiary/aromatic N) is 3. The van der Waals surface area contributed by atoms with Crippen LogP contribution in [0.3, 0.4) is 0 Å². The lowest BCUT2D eigenvalue weighted by Gasteiger charge is -2.19. The molecule has 3 aromatic carbocycles. The van der Waals surface area contributed by atoms with Crippen LogP contribution in [0.5, 0.6) is 0 Å². The first-order chi connectivity index (χ1) is 15.7. The molecule has 5 aromatic rings. The molecule has 1 amide bonds. The molecule has 1 unspecified atom stereocenters. The van der Waals surface area contributed by atoms with Gasteiger partial charge in [0.05, 0.1) is 33.6 Å². The van der Waals surface area contributed by atoms with Crippen molar-refractivity contribution in [3.8, 4) is 0 Å². The summed E-state index contributed by atoms with van der Waals surface area (Å²) in [5.41, 5.74) is 3.57. The summed E-state index contributed by atoms with van der Waals surface area (Å²) in [4.78, 5) is 21.7. The molecular formula is C25H19FN4OS. The number of halogens is 1. The maximum absolute atomic E-state index is 13.5. The molecule has 0 aliphatic rings. The van der Waals surface area contributed by atoms with Gasteiger partial charge < -0.3 is 9.88 Å². The van der Waals surface area contributed by atoms with Crippen molar-refractivity contribution in [2.45, 2.75) is 12.6 Å². The fraction of sp³-hybridized carbons (Fsp3) is 0.0800. The van der Waals surface area contributed by atoms with E-state index in [0.29, 0.717) is 6.54 Å². The van der Waals surface area contributed by atoms with E-state index < -0.39 is 0 Å². The maximum Gasteiger partial charge on any atom is 0.244 e. The lowest BCUT2D eigenvalue weighted by atomic mass is 10.1. The number of hydrogen-bond acceptors (Lipinski definition) is 4. The molecule has 5 rings (SSSR count). The Morgan fingerprint density at radius 1 is 1.03 bits per heavy atom. The Morgan fingerprint density at radius 2 is 1.78 bits per heavy atom. The molecule has 0 spiro atoms. The highest BCUT2D eigenvalue weighted by Gasteiger charge is 2.16. The number of para-hydroxylation sites is 3. The Labute approximate surface area is 187 Å². The number of imidazole rings is 1. The molecule has 0 aliphatic carbocycles. The number of nitrogens with one attached hydrogen (secondary N) is 1. The summed E-state index contributed by atoms with van der Waals surface area (Å²) in [6, 6.07) is 21.5. The monoisotopic (exact) mass is 442 g/mol. The van der Waals surface area contributed by atoms with Gasteiger partial charge in [-0.25, -0.2) is 14.4 Å². The van der Waals surface area contributed by atoms with Gasteiger partial charge >= 0.3 is 0 Å². The van der Waals surface area contributed by atoms with Crippen LogP contribution in [0.25, 0.3) is 27.3 Å². The van der Waals surface area contributed by atoms with Crippen molar-refractivity contribution >= 4 is 44.6 Å². The Bertz CT molecular complexity index is 1390. The normalized spacial score (nSPS) is 12.5. The minimum absolute atomic E-state index is 0.247. The predicted octanol–water partition coefficient (Wildman–Crippen LogP) is 5.36. The molecule has 0 bridgehead atoms. The van der Waals surface area contributed by atoms with Gasteiger partial charge in [-0.15, -0.1) is 11.3 Å². The van der Waals surface area contributed by atoms with Crippen molar-refractivity contribution in [2.24, 2.45) is 0 Å². The van der Waals surface area contributed by atoms with Crippen LogP contribution in [-0.2, 0) is 11.3 Å². The summed E-state index contributed by atoms with van der Waals surface area (Å²) >= 11 is 1.53. The van der Waals surface area contributed by atoms with Crippen LogP contribution < -0.4 is 5.32 Å². The first kappa shape index (κ1) is 20.1. The zero-order valence-electron chi connectivity index (χ0n) is 17.0. The van der Waals surface area contributed by atoms with E-state index in [0.717, 1.165) is 31.8 Å². The third-order valence-corrected chi connectivity index (χ3v) is 6.18. The fourth-order valence-corrected chi connectivity index (χ4v) is 4.48. The Kier molecular flexibility index (Phi) is 5.47. The van der Waals surface area contributed by atoms with Gasteiger partial charge in [-0.2, -0.15) is 0 Å². The number of carbonyl (C=O) groups is 1. The summed E-state index contributed by atoms with van der Waals surface area (Å²) in [5, 5.41) is 3.80. The average molecular weight is 443 g/mol. The highest BCUT2D eigenvalue weighted by Crippen LogP contribution is 2.23. The summed E-state index contributed by atoms with van der Waals surface area (Å²) in [5.74, 6) is -0.564. The van der Waals surface area contributed by atoms with Crippen LogP contribution in [0.2, 0.25) is 0 Å².